The lowest BCUT2D eigenvalue weighted by Gasteiger charge is -2.24. The summed E-state index contributed by atoms with van der Waals surface area (Å²) in [5, 5.41) is 5.83. The van der Waals surface area contributed by atoms with Gasteiger partial charge in [-0.25, -0.2) is 0 Å². The Morgan fingerprint density at radius 1 is 1.33 bits per heavy atom. The number of likely N-dealkylation sites (tertiary alicyclic amines) is 1. The first kappa shape index (κ1) is 12.9. The molecule has 1 atom stereocenters. The van der Waals surface area contributed by atoms with Crippen molar-refractivity contribution >= 4 is 11.8 Å². The van der Waals surface area contributed by atoms with Gasteiger partial charge in [-0.15, -0.1) is 6.42 Å². The molecule has 5 nitrogen and oxygen atoms in total. The van der Waals surface area contributed by atoms with Crippen LogP contribution in [0.4, 0.5) is 0 Å². The molecular weight excluding hydrogens is 230 g/mol. The van der Waals surface area contributed by atoms with E-state index in [-0.39, 0.29) is 24.4 Å². The minimum absolute atomic E-state index is 0.000278. The summed E-state index contributed by atoms with van der Waals surface area (Å²) in [6.45, 7) is 1.25. The average Bonchev–Trinajstić information content (AvgIpc) is 3.02. The third kappa shape index (κ3) is 3.23. The standard InChI is InChI=1S/C13H19N3O2/c1-2-7-14-9-12(17)16-8-3-4-11(16)13(18)15-10-5-6-10/h1,10-11,14H,3-9H2,(H,15,18). The van der Waals surface area contributed by atoms with Gasteiger partial charge in [0.25, 0.3) is 0 Å². The van der Waals surface area contributed by atoms with Crippen LogP contribution in [0.5, 0.6) is 0 Å². The summed E-state index contributed by atoms with van der Waals surface area (Å²) in [5.74, 6) is 2.38. The molecule has 0 radical (unpaired) electrons. The molecule has 98 valence electrons. The smallest absolute Gasteiger partial charge is 0.243 e. The van der Waals surface area contributed by atoms with Crippen molar-refractivity contribution in [2.45, 2.75) is 37.8 Å². The predicted molar refractivity (Wildman–Crippen MR) is 67.6 cm³/mol. The third-order valence-electron chi connectivity index (χ3n) is 3.30. The zero-order chi connectivity index (χ0) is 13.0. The highest BCUT2D eigenvalue weighted by atomic mass is 16.2. The minimum atomic E-state index is -0.286. The number of rotatable bonds is 5. The predicted octanol–water partition coefficient (Wildman–Crippen LogP) is -0.521. The number of hydrogen-bond donors (Lipinski definition) is 2. The van der Waals surface area contributed by atoms with Crippen molar-refractivity contribution in [3.05, 3.63) is 0 Å². The van der Waals surface area contributed by atoms with Crippen molar-refractivity contribution in [2.24, 2.45) is 0 Å². The van der Waals surface area contributed by atoms with Crippen molar-refractivity contribution in [1.29, 1.82) is 0 Å². The Bertz CT molecular complexity index is 371. The van der Waals surface area contributed by atoms with Crippen molar-refractivity contribution in [2.75, 3.05) is 19.6 Å². The monoisotopic (exact) mass is 249 g/mol. The number of amides is 2. The van der Waals surface area contributed by atoms with Gasteiger partial charge >= 0.3 is 0 Å². The molecule has 2 aliphatic rings. The Kier molecular flexibility index (Phi) is 4.21. The largest absolute Gasteiger partial charge is 0.352 e. The van der Waals surface area contributed by atoms with Crippen LogP contribution in [0, 0.1) is 12.3 Å². The molecule has 1 saturated carbocycles. The van der Waals surface area contributed by atoms with Crippen LogP contribution in [0.15, 0.2) is 0 Å². The van der Waals surface area contributed by atoms with E-state index in [4.69, 9.17) is 6.42 Å². The van der Waals surface area contributed by atoms with E-state index in [9.17, 15) is 9.59 Å². The van der Waals surface area contributed by atoms with Gasteiger partial charge in [0.15, 0.2) is 0 Å². The van der Waals surface area contributed by atoms with Crippen LogP contribution in [0.25, 0.3) is 0 Å². The van der Waals surface area contributed by atoms with Crippen molar-refractivity contribution < 1.29 is 9.59 Å². The molecule has 2 amide bonds. The summed E-state index contributed by atoms with van der Waals surface area (Å²) in [5.41, 5.74) is 0. The Morgan fingerprint density at radius 3 is 2.78 bits per heavy atom. The Labute approximate surface area is 107 Å². The SMILES string of the molecule is C#CCNCC(=O)N1CCCC1C(=O)NC1CC1. The quantitative estimate of drug-likeness (QED) is 0.509. The molecule has 1 saturated heterocycles. The molecule has 2 rings (SSSR count). The fraction of sp³-hybridized carbons (Fsp3) is 0.692. The zero-order valence-electron chi connectivity index (χ0n) is 10.4. The van der Waals surface area contributed by atoms with E-state index in [1.165, 1.54) is 0 Å². The van der Waals surface area contributed by atoms with Gasteiger partial charge in [-0.2, -0.15) is 0 Å². The van der Waals surface area contributed by atoms with E-state index >= 15 is 0 Å². The van der Waals surface area contributed by atoms with Gasteiger partial charge in [0.2, 0.25) is 11.8 Å². The summed E-state index contributed by atoms with van der Waals surface area (Å²) in [6, 6.07) is 0.0559. The van der Waals surface area contributed by atoms with E-state index in [1.807, 2.05) is 0 Å². The molecule has 1 aliphatic heterocycles. The first-order chi connectivity index (χ1) is 8.72. The van der Waals surface area contributed by atoms with Crippen LogP contribution in [0.3, 0.4) is 0 Å². The highest BCUT2D eigenvalue weighted by Crippen LogP contribution is 2.22. The summed E-state index contributed by atoms with van der Waals surface area (Å²) < 4.78 is 0. The lowest BCUT2D eigenvalue weighted by atomic mass is 10.2. The maximum Gasteiger partial charge on any atom is 0.243 e. The molecule has 2 fully saturated rings. The van der Waals surface area contributed by atoms with Crippen molar-refractivity contribution in [3.63, 3.8) is 0 Å². The molecule has 0 aromatic carbocycles. The molecule has 1 aliphatic carbocycles. The second-order valence-corrected chi connectivity index (χ2v) is 4.84. The molecule has 1 heterocycles. The Morgan fingerprint density at radius 2 is 2.11 bits per heavy atom. The second-order valence-electron chi connectivity index (χ2n) is 4.84. The van der Waals surface area contributed by atoms with Gasteiger partial charge in [0.1, 0.15) is 6.04 Å². The molecule has 18 heavy (non-hydrogen) atoms. The number of carbonyl (C=O) groups excluding carboxylic acids is 2. The lowest BCUT2D eigenvalue weighted by molar-refractivity contribution is -0.137. The summed E-state index contributed by atoms with van der Waals surface area (Å²) >= 11 is 0. The zero-order valence-corrected chi connectivity index (χ0v) is 10.4. The van der Waals surface area contributed by atoms with E-state index in [1.54, 1.807) is 4.90 Å². The summed E-state index contributed by atoms with van der Waals surface area (Å²) in [7, 11) is 0. The van der Waals surface area contributed by atoms with Crippen LogP contribution >= 0.6 is 0 Å². The molecule has 0 spiro atoms. The lowest BCUT2D eigenvalue weighted by Crippen LogP contribution is -2.48. The van der Waals surface area contributed by atoms with Crippen LogP contribution in [-0.2, 0) is 9.59 Å². The van der Waals surface area contributed by atoms with Crippen LogP contribution < -0.4 is 10.6 Å². The van der Waals surface area contributed by atoms with Crippen molar-refractivity contribution in [3.8, 4) is 12.3 Å². The van der Waals surface area contributed by atoms with Gasteiger partial charge in [-0.05, 0) is 25.7 Å². The molecular formula is C13H19N3O2. The maximum atomic E-state index is 12.0. The van der Waals surface area contributed by atoms with Gasteiger partial charge in [-0.1, -0.05) is 5.92 Å². The minimum Gasteiger partial charge on any atom is -0.352 e. The highest BCUT2D eigenvalue weighted by Gasteiger charge is 2.35. The molecule has 0 aromatic heterocycles. The highest BCUT2D eigenvalue weighted by molar-refractivity contribution is 5.89. The van der Waals surface area contributed by atoms with Gasteiger partial charge < -0.3 is 10.2 Å². The van der Waals surface area contributed by atoms with Gasteiger partial charge in [0, 0.05) is 12.6 Å². The molecule has 0 aromatic rings. The average molecular weight is 249 g/mol. The molecule has 0 bridgehead atoms. The first-order valence-corrected chi connectivity index (χ1v) is 6.46. The van der Waals surface area contributed by atoms with Gasteiger partial charge in [-0.3, -0.25) is 14.9 Å². The molecule has 5 heteroatoms. The fourth-order valence-corrected chi connectivity index (χ4v) is 2.21. The second kappa shape index (κ2) is 5.87. The van der Waals surface area contributed by atoms with E-state index in [2.05, 4.69) is 16.6 Å². The number of terminal acetylenes is 1. The normalized spacial score (nSPS) is 22.6. The summed E-state index contributed by atoms with van der Waals surface area (Å²) in [4.78, 5) is 25.6. The van der Waals surface area contributed by atoms with E-state index < -0.39 is 0 Å². The molecule has 1 unspecified atom stereocenters. The Balaban J connectivity index is 1.83. The Hall–Kier alpha value is -1.54. The molecule has 2 N–H and O–H groups in total. The topological polar surface area (TPSA) is 61.4 Å². The fourth-order valence-electron chi connectivity index (χ4n) is 2.21. The number of nitrogens with zero attached hydrogens (tertiary/aromatic N) is 1. The maximum absolute atomic E-state index is 12.0. The number of carbonyl (C=O) groups is 2. The first-order valence-electron chi connectivity index (χ1n) is 6.46. The van der Waals surface area contributed by atoms with Gasteiger partial charge in [0.05, 0.1) is 13.1 Å². The van der Waals surface area contributed by atoms with E-state index in [0.717, 1.165) is 25.7 Å². The number of nitrogens with one attached hydrogen (secondary N) is 2. The van der Waals surface area contributed by atoms with Crippen LogP contribution in [-0.4, -0.2) is 48.4 Å². The van der Waals surface area contributed by atoms with Crippen LogP contribution in [0.1, 0.15) is 25.7 Å². The number of hydrogen-bond acceptors (Lipinski definition) is 3. The van der Waals surface area contributed by atoms with Crippen LogP contribution in [0.2, 0.25) is 0 Å². The summed E-state index contributed by atoms with van der Waals surface area (Å²) in [6.07, 6.45) is 8.89. The third-order valence-corrected chi connectivity index (χ3v) is 3.30. The van der Waals surface area contributed by atoms with E-state index in [0.29, 0.717) is 19.1 Å². The van der Waals surface area contributed by atoms with Crippen molar-refractivity contribution in [1.82, 2.24) is 15.5 Å².